The second kappa shape index (κ2) is 6.34. The summed E-state index contributed by atoms with van der Waals surface area (Å²) >= 11 is 0. The van der Waals surface area contributed by atoms with Crippen LogP contribution in [0.3, 0.4) is 0 Å². The third kappa shape index (κ3) is 3.56. The van der Waals surface area contributed by atoms with Gasteiger partial charge in [0.15, 0.2) is 9.84 Å². The van der Waals surface area contributed by atoms with Crippen molar-refractivity contribution in [3.05, 3.63) is 29.8 Å². The van der Waals surface area contributed by atoms with Crippen molar-refractivity contribution in [1.82, 2.24) is 0 Å². The zero-order valence-corrected chi connectivity index (χ0v) is 12.2. The molecule has 0 amide bonds. The minimum absolute atomic E-state index is 0.377. The Morgan fingerprint density at radius 3 is 2.11 bits per heavy atom. The van der Waals surface area contributed by atoms with Gasteiger partial charge in [0.05, 0.1) is 10.1 Å². The third-order valence-electron chi connectivity index (χ3n) is 3.24. The molecule has 1 aromatic rings. The van der Waals surface area contributed by atoms with Gasteiger partial charge in [-0.2, -0.15) is 0 Å². The van der Waals surface area contributed by atoms with Crippen LogP contribution in [0.4, 0.5) is 0 Å². The fourth-order valence-corrected chi connectivity index (χ4v) is 2.91. The first kappa shape index (κ1) is 15.2. The van der Waals surface area contributed by atoms with Crippen LogP contribution in [0.15, 0.2) is 29.2 Å². The van der Waals surface area contributed by atoms with Gasteiger partial charge in [-0.1, -0.05) is 19.1 Å². The maximum absolute atomic E-state index is 12.0. The highest BCUT2D eigenvalue weighted by molar-refractivity contribution is 7.92. The Hall–Kier alpha value is -0.870. The molecular formula is C14H23NO2S. The average Bonchev–Trinajstić information content (AvgIpc) is 2.35. The molecule has 0 saturated heterocycles. The summed E-state index contributed by atoms with van der Waals surface area (Å²) < 4.78 is 23.9. The highest BCUT2D eigenvalue weighted by Crippen LogP contribution is 2.23. The zero-order chi connectivity index (χ0) is 13.8. The van der Waals surface area contributed by atoms with E-state index < -0.39 is 9.84 Å². The Bertz CT molecular complexity index is 463. The standard InChI is InChI=1S/C14H23NO2S/c1-11(2)18(16,17)14-8-6-13(7-9-14)12(3)5-4-10-15/h6-9,11-12H,4-5,10,15H2,1-3H3. The lowest BCUT2D eigenvalue weighted by atomic mass is 9.96. The summed E-state index contributed by atoms with van der Waals surface area (Å²) in [7, 11) is -3.16. The highest BCUT2D eigenvalue weighted by atomic mass is 32.2. The van der Waals surface area contributed by atoms with Crippen LogP contribution < -0.4 is 5.73 Å². The maximum Gasteiger partial charge on any atom is 0.180 e. The zero-order valence-electron chi connectivity index (χ0n) is 11.4. The van der Waals surface area contributed by atoms with Crippen molar-refractivity contribution in [2.45, 2.75) is 49.7 Å². The first-order valence-corrected chi connectivity index (χ1v) is 7.98. The summed E-state index contributed by atoms with van der Waals surface area (Å²) in [5.41, 5.74) is 6.66. The lowest BCUT2D eigenvalue weighted by molar-refractivity contribution is 0.587. The Morgan fingerprint density at radius 1 is 1.11 bits per heavy atom. The topological polar surface area (TPSA) is 60.2 Å². The van der Waals surface area contributed by atoms with Crippen molar-refractivity contribution >= 4 is 9.84 Å². The van der Waals surface area contributed by atoms with E-state index in [0.29, 0.717) is 17.4 Å². The molecular weight excluding hydrogens is 246 g/mol. The fourth-order valence-electron chi connectivity index (χ4n) is 1.85. The predicted molar refractivity (Wildman–Crippen MR) is 75.5 cm³/mol. The highest BCUT2D eigenvalue weighted by Gasteiger charge is 2.19. The van der Waals surface area contributed by atoms with E-state index in [-0.39, 0.29) is 5.25 Å². The summed E-state index contributed by atoms with van der Waals surface area (Å²) in [5.74, 6) is 0.421. The third-order valence-corrected chi connectivity index (χ3v) is 5.41. The minimum atomic E-state index is -3.16. The number of nitrogens with two attached hydrogens (primary N) is 1. The van der Waals surface area contributed by atoms with Gasteiger partial charge in [0.2, 0.25) is 0 Å². The van der Waals surface area contributed by atoms with E-state index in [1.54, 1.807) is 26.0 Å². The molecule has 0 fully saturated rings. The molecule has 3 nitrogen and oxygen atoms in total. The first-order valence-electron chi connectivity index (χ1n) is 6.43. The summed E-state index contributed by atoms with van der Waals surface area (Å²) in [6.45, 7) is 6.24. The van der Waals surface area contributed by atoms with Crippen molar-refractivity contribution in [3.63, 3.8) is 0 Å². The molecule has 18 heavy (non-hydrogen) atoms. The fraction of sp³-hybridized carbons (Fsp3) is 0.571. The number of hydrogen-bond donors (Lipinski definition) is 1. The van der Waals surface area contributed by atoms with E-state index in [1.165, 1.54) is 5.56 Å². The van der Waals surface area contributed by atoms with Crippen LogP contribution in [0, 0.1) is 0 Å². The summed E-state index contributed by atoms with van der Waals surface area (Å²) in [5, 5.41) is -0.377. The molecule has 0 saturated carbocycles. The monoisotopic (exact) mass is 269 g/mol. The molecule has 102 valence electrons. The van der Waals surface area contributed by atoms with E-state index in [1.807, 2.05) is 12.1 Å². The van der Waals surface area contributed by atoms with Gasteiger partial charge in [-0.25, -0.2) is 8.42 Å². The molecule has 4 heteroatoms. The van der Waals surface area contributed by atoms with Gasteiger partial charge in [-0.05, 0) is 56.8 Å². The summed E-state index contributed by atoms with van der Waals surface area (Å²) in [4.78, 5) is 0.410. The molecule has 0 aromatic heterocycles. The second-order valence-corrected chi connectivity index (χ2v) is 7.50. The normalized spacial score (nSPS) is 13.8. The summed E-state index contributed by atoms with van der Waals surface area (Å²) in [6.07, 6.45) is 2.03. The van der Waals surface area contributed by atoms with Crippen LogP contribution in [0.5, 0.6) is 0 Å². The van der Waals surface area contributed by atoms with Crippen molar-refractivity contribution in [2.24, 2.45) is 5.73 Å². The number of sulfone groups is 1. The Balaban J connectivity index is 2.87. The Morgan fingerprint density at radius 2 is 1.67 bits per heavy atom. The summed E-state index contributed by atoms with van der Waals surface area (Å²) in [6, 6.07) is 7.25. The number of benzene rings is 1. The average molecular weight is 269 g/mol. The lowest BCUT2D eigenvalue weighted by Gasteiger charge is -2.13. The molecule has 0 bridgehead atoms. The molecule has 1 atom stereocenters. The van der Waals surface area contributed by atoms with Gasteiger partial charge in [0.1, 0.15) is 0 Å². The van der Waals surface area contributed by atoms with Crippen LogP contribution in [0.25, 0.3) is 0 Å². The van der Waals surface area contributed by atoms with E-state index >= 15 is 0 Å². The van der Waals surface area contributed by atoms with Crippen LogP contribution in [0.1, 0.15) is 45.1 Å². The smallest absolute Gasteiger partial charge is 0.180 e. The molecule has 1 rings (SSSR count). The van der Waals surface area contributed by atoms with Gasteiger partial charge >= 0.3 is 0 Å². The quantitative estimate of drug-likeness (QED) is 0.863. The molecule has 0 heterocycles. The molecule has 2 N–H and O–H groups in total. The van der Waals surface area contributed by atoms with Gasteiger partial charge in [-0.15, -0.1) is 0 Å². The van der Waals surface area contributed by atoms with E-state index in [9.17, 15) is 8.42 Å². The molecule has 0 spiro atoms. The number of hydrogen-bond acceptors (Lipinski definition) is 3. The molecule has 0 aliphatic heterocycles. The van der Waals surface area contributed by atoms with E-state index in [4.69, 9.17) is 5.73 Å². The Labute approximate surface area is 110 Å². The van der Waals surface area contributed by atoms with Crippen molar-refractivity contribution in [1.29, 1.82) is 0 Å². The van der Waals surface area contributed by atoms with E-state index in [2.05, 4.69) is 6.92 Å². The Kier molecular flexibility index (Phi) is 5.35. The van der Waals surface area contributed by atoms with Crippen LogP contribution in [-0.4, -0.2) is 20.2 Å². The maximum atomic E-state index is 12.0. The molecule has 0 aliphatic carbocycles. The molecule has 0 radical (unpaired) electrons. The van der Waals surface area contributed by atoms with Crippen molar-refractivity contribution < 1.29 is 8.42 Å². The van der Waals surface area contributed by atoms with Crippen molar-refractivity contribution in [2.75, 3.05) is 6.54 Å². The van der Waals surface area contributed by atoms with Crippen LogP contribution >= 0.6 is 0 Å². The largest absolute Gasteiger partial charge is 0.330 e. The second-order valence-electron chi connectivity index (χ2n) is 4.99. The van der Waals surface area contributed by atoms with Gasteiger partial charge in [0, 0.05) is 0 Å². The molecule has 0 aliphatic rings. The molecule has 1 aromatic carbocycles. The van der Waals surface area contributed by atoms with Crippen LogP contribution in [-0.2, 0) is 9.84 Å². The molecule has 1 unspecified atom stereocenters. The first-order chi connectivity index (χ1) is 8.39. The number of rotatable bonds is 6. The van der Waals surface area contributed by atoms with Gasteiger partial charge < -0.3 is 5.73 Å². The van der Waals surface area contributed by atoms with Crippen molar-refractivity contribution in [3.8, 4) is 0 Å². The van der Waals surface area contributed by atoms with E-state index in [0.717, 1.165) is 12.8 Å². The van der Waals surface area contributed by atoms with Gasteiger partial charge in [-0.3, -0.25) is 0 Å². The predicted octanol–water partition coefficient (Wildman–Crippen LogP) is 2.71. The van der Waals surface area contributed by atoms with Gasteiger partial charge in [0.25, 0.3) is 0 Å². The lowest BCUT2D eigenvalue weighted by Crippen LogP contribution is -2.14. The van der Waals surface area contributed by atoms with Crippen LogP contribution in [0.2, 0.25) is 0 Å². The SMILES string of the molecule is CC(CCCN)c1ccc(S(=O)(=O)C(C)C)cc1. The minimum Gasteiger partial charge on any atom is -0.330 e.